The molecule has 0 aliphatic heterocycles. The zero-order chi connectivity index (χ0) is 12.9. The summed E-state index contributed by atoms with van der Waals surface area (Å²) in [6.45, 7) is 0. The van der Waals surface area contributed by atoms with Crippen LogP contribution in [0.25, 0.3) is 22.2 Å². The molecule has 6 heteroatoms. The zero-order valence-corrected chi connectivity index (χ0v) is 11.4. The molecular formula is C12H10BrFN4. The molecule has 2 aromatic heterocycles. The highest BCUT2D eigenvalue weighted by molar-refractivity contribution is 9.10. The van der Waals surface area contributed by atoms with E-state index in [0.29, 0.717) is 4.47 Å². The van der Waals surface area contributed by atoms with E-state index < -0.39 is 0 Å². The molecule has 0 aliphatic rings. The molecule has 0 fully saturated rings. The molecule has 0 saturated heterocycles. The van der Waals surface area contributed by atoms with Crippen molar-refractivity contribution in [2.24, 2.45) is 14.1 Å². The fraction of sp³-hybridized carbons (Fsp3) is 0.167. The Morgan fingerprint density at radius 2 is 2.06 bits per heavy atom. The first kappa shape index (κ1) is 11.4. The van der Waals surface area contributed by atoms with E-state index in [1.807, 2.05) is 13.2 Å². The summed E-state index contributed by atoms with van der Waals surface area (Å²) in [5.74, 6) is -0.289. The second-order valence-corrected chi connectivity index (χ2v) is 5.01. The van der Waals surface area contributed by atoms with Crippen LogP contribution in [0.5, 0.6) is 0 Å². The first-order valence-electron chi connectivity index (χ1n) is 5.37. The standard InChI is InChI=1S/C12H10BrFN4/c1-17-6-7(5-15-17)12-8-3-9(13)10(14)4-11(8)18(2)16-12/h3-6H,1-2H3. The minimum Gasteiger partial charge on any atom is -0.275 e. The topological polar surface area (TPSA) is 35.6 Å². The van der Waals surface area contributed by atoms with Crippen molar-refractivity contribution in [3.05, 3.63) is 34.8 Å². The Labute approximate surface area is 111 Å². The van der Waals surface area contributed by atoms with E-state index in [1.165, 1.54) is 6.07 Å². The maximum Gasteiger partial charge on any atom is 0.139 e. The highest BCUT2D eigenvalue weighted by atomic mass is 79.9. The quantitative estimate of drug-likeness (QED) is 0.693. The first-order chi connectivity index (χ1) is 8.56. The van der Waals surface area contributed by atoms with Crippen molar-refractivity contribution in [3.8, 4) is 11.3 Å². The molecule has 1 aromatic carbocycles. The van der Waals surface area contributed by atoms with Gasteiger partial charge in [0.05, 0.1) is 16.2 Å². The predicted octanol–water partition coefficient (Wildman–Crippen LogP) is 2.88. The summed E-state index contributed by atoms with van der Waals surface area (Å²) in [4.78, 5) is 0. The lowest BCUT2D eigenvalue weighted by molar-refractivity contribution is 0.621. The molecule has 4 nitrogen and oxygen atoms in total. The third-order valence-corrected chi connectivity index (χ3v) is 3.48. The molecule has 0 spiro atoms. The van der Waals surface area contributed by atoms with Crippen LogP contribution < -0.4 is 0 Å². The first-order valence-corrected chi connectivity index (χ1v) is 6.16. The van der Waals surface area contributed by atoms with E-state index in [4.69, 9.17) is 0 Å². The lowest BCUT2D eigenvalue weighted by Crippen LogP contribution is -1.90. The normalized spacial score (nSPS) is 11.3. The van der Waals surface area contributed by atoms with Gasteiger partial charge in [0.15, 0.2) is 0 Å². The van der Waals surface area contributed by atoms with Crippen molar-refractivity contribution < 1.29 is 4.39 Å². The van der Waals surface area contributed by atoms with Gasteiger partial charge in [0.1, 0.15) is 11.5 Å². The summed E-state index contributed by atoms with van der Waals surface area (Å²) < 4.78 is 17.4. The maximum atomic E-state index is 13.5. The molecular weight excluding hydrogens is 299 g/mol. The minimum absolute atomic E-state index is 0.289. The van der Waals surface area contributed by atoms with Gasteiger partial charge >= 0.3 is 0 Å². The minimum atomic E-state index is -0.289. The Hall–Kier alpha value is -1.69. The maximum absolute atomic E-state index is 13.5. The molecule has 0 aliphatic carbocycles. The van der Waals surface area contributed by atoms with E-state index in [0.717, 1.165) is 22.2 Å². The van der Waals surface area contributed by atoms with Crippen LogP contribution in [0.3, 0.4) is 0 Å². The van der Waals surface area contributed by atoms with Crippen molar-refractivity contribution in [3.63, 3.8) is 0 Å². The van der Waals surface area contributed by atoms with Gasteiger partial charge in [-0.25, -0.2) is 4.39 Å². The number of hydrogen-bond acceptors (Lipinski definition) is 2. The average molecular weight is 309 g/mol. The van der Waals surface area contributed by atoms with E-state index in [-0.39, 0.29) is 5.82 Å². The molecule has 0 atom stereocenters. The van der Waals surface area contributed by atoms with E-state index in [2.05, 4.69) is 26.1 Å². The zero-order valence-electron chi connectivity index (χ0n) is 9.85. The highest BCUT2D eigenvalue weighted by Gasteiger charge is 2.14. The smallest absolute Gasteiger partial charge is 0.139 e. The van der Waals surface area contributed by atoms with Gasteiger partial charge < -0.3 is 0 Å². The van der Waals surface area contributed by atoms with Gasteiger partial charge in [-0.3, -0.25) is 9.36 Å². The fourth-order valence-electron chi connectivity index (χ4n) is 2.01. The molecule has 3 rings (SSSR count). The van der Waals surface area contributed by atoms with Crippen LogP contribution in [0.4, 0.5) is 4.39 Å². The molecule has 0 N–H and O–H groups in total. The number of rotatable bonds is 1. The van der Waals surface area contributed by atoms with E-state index >= 15 is 0 Å². The Morgan fingerprint density at radius 1 is 1.28 bits per heavy atom. The van der Waals surface area contributed by atoms with Crippen LogP contribution in [0, 0.1) is 5.82 Å². The number of benzene rings is 1. The second kappa shape index (κ2) is 3.91. The van der Waals surface area contributed by atoms with Crippen LogP contribution in [0.2, 0.25) is 0 Å². The third-order valence-electron chi connectivity index (χ3n) is 2.87. The number of nitrogens with zero attached hydrogens (tertiary/aromatic N) is 4. The summed E-state index contributed by atoms with van der Waals surface area (Å²) >= 11 is 3.20. The monoisotopic (exact) mass is 308 g/mol. The molecule has 3 aromatic rings. The van der Waals surface area contributed by atoms with Gasteiger partial charge in [-0.2, -0.15) is 10.2 Å². The Kier molecular flexibility index (Phi) is 2.48. The van der Waals surface area contributed by atoms with Crippen molar-refractivity contribution in [1.29, 1.82) is 0 Å². The average Bonchev–Trinajstić information content (AvgIpc) is 2.86. The van der Waals surface area contributed by atoms with Crippen LogP contribution in [0.1, 0.15) is 0 Å². The molecule has 0 radical (unpaired) electrons. The summed E-state index contributed by atoms with van der Waals surface area (Å²) in [5, 5.41) is 9.46. The van der Waals surface area contributed by atoms with Crippen LogP contribution >= 0.6 is 15.9 Å². The summed E-state index contributed by atoms with van der Waals surface area (Å²) in [5.41, 5.74) is 2.48. The molecule has 0 bridgehead atoms. The van der Waals surface area contributed by atoms with Gasteiger partial charge in [-0.15, -0.1) is 0 Å². The number of halogens is 2. The Balaban J connectivity index is 2.34. The molecule has 0 saturated carbocycles. The third kappa shape index (κ3) is 1.64. The number of hydrogen-bond donors (Lipinski definition) is 0. The van der Waals surface area contributed by atoms with Crippen molar-refractivity contribution in [1.82, 2.24) is 19.6 Å². The van der Waals surface area contributed by atoms with Crippen molar-refractivity contribution in [2.45, 2.75) is 0 Å². The van der Waals surface area contributed by atoms with E-state index in [9.17, 15) is 4.39 Å². The largest absolute Gasteiger partial charge is 0.275 e. The molecule has 92 valence electrons. The highest BCUT2D eigenvalue weighted by Crippen LogP contribution is 2.30. The van der Waals surface area contributed by atoms with Gasteiger partial charge in [0.25, 0.3) is 0 Å². The van der Waals surface area contributed by atoms with Crippen LogP contribution in [0.15, 0.2) is 29.0 Å². The Morgan fingerprint density at radius 3 is 2.72 bits per heavy atom. The predicted molar refractivity (Wildman–Crippen MR) is 70.6 cm³/mol. The number of fused-ring (bicyclic) bond motifs is 1. The SMILES string of the molecule is Cn1cc(-c2nn(C)c3cc(F)c(Br)cc23)cn1. The summed E-state index contributed by atoms with van der Waals surface area (Å²) in [6, 6.07) is 3.23. The molecule has 0 unspecified atom stereocenters. The van der Waals surface area contributed by atoms with Crippen LogP contribution in [-0.2, 0) is 14.1 Å². The lowest BCUT2D eigenvalue weighted by atomic mass is 10.1. The fourth-order valence-corrected chi connectivity index (χ4v) is 2.35. The molecule has 2 heterocycles. The Bertz CT molecular complexity index is 744. The van der Waals surface area contributed by atoms with E-state index in [1.54, 1.807) is 28.7 Å². The molecule has 0 amide bonds. The van der Waals surface area contributed by atoms with Gasteiger partial charge in [0, 0.05) is 37.3 Å². The van der Waals surface area contributed by atoms with Crippen molar-refractivity contribution >= 4 is 26.8 Å². The molecule has 18 heavy (non-hydrogen) atoms. The number of aryl methyl sites for hydroxylation is 2. The van der Waals surface area contributed by atoms with Crippen LogP contribution in [-0.4, -0.2) is 19.6 Å². The van der Waals surface area contributed by atoms with Gasteiger partial charge in [-0.1, -0.05) is 0 Å². The summed E-state index contributed by atoms with van der Waals surface area (Å²) in [6.07, 6.45) is 3.64. The van der Waals surface area contributed by atoms with Gasteiger partial charge in [-0.05, 0) is 22.0 Å². The van der Waals surface area contributed by atoms with Gasteiger partial charge in [0.2, 0.25) is 0 Å². The second-order valence-electron chi connectivity index (χ2n) is 4.16. The lowest BCUT2D eigenvalue weighted by Gasteiger charge is -1.97. The van der Waals surface area contributed by atoms with Crippen molar-refractivity contribution in [2.75, 3.05) is 0 Å². The summed E-state index contributed by atoms with van der Waals surface area (Å²) in [7, 11) is 3.65. The number of aromatic nitrogens is 4.